The average Bonchev–Trinajstić information content (AvgIpc) is 2.93. The summed E-state index contributed by atoms with van der Waals surface area (Å²) in [6, 6.07) is 10.7. The van der Waals surface area contributed by atoms with Crippen LogP contribution in [0.2, 0.25) is 0 Å². The van der Waals surface area contributed by atoms with Crippen molar-refractivity contribution in [3.05, 3.63) is 58.9 Å². The Morgan fingerprint density at radius 3 is 2.90 bits per heavy atom. The number of pyridine rings is 1. The summed E-state index contributed by atoms with van der Waals surface area (Å²) < 4.78 is 0. The van der Waals surface area contributed by atoms with Gasteiger partial charge >= 0.3 is 0 Å². The van der Waals surface area contributed by atoms with E-state index in [1.54, 1.807) is 6.20 Å². The van der Waals surface area contributed by atoms with E-state index < -0.39 is 0 Å². The van der Waals surface area contributed by atoms with Gasteiger partial charge in [0.05, 0.1) is 0 Å². The van der Waals surface area contributed by atoms with Crippen molar-refractivity contribution in [3.63, 3.8) is 0 Å². The number of hydrogen-bond acceptors (Lipinski definition) is 3. The van der Waals surface area contributed by atoms with Gasteiger partial charge in [0.25, 0.3) is 0 Å². The summed E-state index contributed by atoms with van der Waals surface area (Å²) in [5, 5.41) is 7.42. The summed E-state index contributed by atoms with van der Waals surface area (Å²) in [4.78, 5) is 5.39. The second-order valence-corrected chi connectivity index (χ2v) is 6.08. The van der Waals surface area contributed by atoms with E-state index in [2.05, 4.69) is 23.2 Å². The van der Waals surface area contributed by atoms with Gasteiger partial charge in [0.1, 0.15) is 11.5 Å². The normalized spacial score (nSPS) is 13.2. The molecule has 20 heavy (non-hydrogen) atoms. The third-order valence-electron chi connectivity index (χ3n) is 3.58. The van der Waals surface area contributed by atoms with Crippen molar-refractivity contribution in [2.24, 2.45) is 5.73 Å². The molecule has 1 aliphatic carbocycles. The largest absolute Gasteiger partial charge is 0.382 e. The maximum atomic E-state index is 7.42. The Labute approximate surface area is 123 Å². The van der Waals surface area contributed by atoms with Crippen LogP contribution in [0.4, 0.5) is 0 Å². The van der Waals surface area contributed by atoms with Crippen molar-refractivity contribution in [1.29, 1.82) is 5.41 Å². The zero-order valence-electron chi connectivity index (χ0n) is 11.2. The number of benzene rings is 1. The number of nitrogens with two attached hydrogens (primary N) is 1. The fourth-order valence-electron chi connectivity index (χ4n) is 2.52. The number of thioether (sulfide) groups is 1. The number of rotatable bonds is 4. The molecule has 3 N–H and O–H groups in total. The Hall–Kier alpha value is -1.81. The summed E-state index contributed by atoms with van der Waals surface area (Å²) in [6.45, 7) is 0. The van der Waals surface area contributed by atoms with Crippen molar-refractivity contribution in [2.45, 2.75) is 29.9 Å². The molecule has 1 heterocycles. The summed E-state index contributed by atoms with van der Waals surface area (Å²) in [7, 11) is 0. The third-order valence-corrected chi connectivity index (χ3v) is 4.64. The summed E-state index contributed by atoms with van der Waals surface area (Å²) in [5.74, 6) is 0.899. The standard InChI is InChI=1S/C16H17N3S/c17-16(18)15-8-11(6-7-19-15)10-20-14-5-4-12-2-1-3-13(12)9-14/h4-9H,1-3,10H2,(H3,17,18). The van der Waals surface area contributed by atoms with E-state index in [1.165, 1.54) is 35.3 Å². The molecule has 3 nitrogen and oxygen atoms in total. The average molecular weight is 283 g/mol. The van der Waals surface area contributed by atoms with Crippen molar-refractivity contribution in [3.8, 4) is 0 Å². The lowest BCUT2D eigenvalue weighted by Gasteiger charge is -2.06. The Bertz CT molecular complexity index is 652. The first-order valence-corrected chi connectivity index (χ1v) is 7.75. The van der Waals surface area contributed by atoms with Crippen molar-refractivity contribution < 1.29 is 0 Å². The van der Waals surface area contributed by atoms with Crippen LogP contribution in [0.25, 0.3) is 0 Å². The predicted molar refractivity (Wildman–Crippen MR) is 83.3 cm³/mol. The van der Waals surface area contributed by atoms with Crippen molar-refractivity contribution in [1.82, 2.24) is 4.98 Å². The lowest BCUT2D eigenvalue weighted by molar-refractivity contribution is 0.911. The lowest BCUT2D eigenvalue weighted by Crippen LogP contribution is -2.13. The summed E-state index contributed by atoms with van der Waals surface area (Å²) >= 11 is 1.82. The van der Waals surface area contributed by atoms with Crippen LogP contribution in [0.3, 0.4) is 0 Å². The van der Waals surface area contributed by atoms with Gasteiger partial charge in [-0.05, 0) is 60.2 Å². The third kappa shape index (κ3) is 2.85. The van der Waals surface area contributed by atoms with E-state index >= 15 is 0 Å². The van der Waals surface area contributed by atoms with E-state index in [-0.39, 0.29) is 5.84 Å². The Morgan fingerprint density at radius 1 is 1.20 bits per heavy atom. The number of hydrogen-bond donors (Lipinski definition) is 2. The van der Waals surface area contributed by atoms with Gasteiger partial charge in [0, 0.05) is 16.8 Å². The maximum Gasteiger partial charge on any atom is 0.141 e. The molecule has 0 amide bonds. The van der Waals surface area contributed by atoms with E-state index in [1.807, 2.05) is 23.9 Å². The highest BCUT2D eigenvalue weighted by Crippen LogP contribution is 2.29. The molecule has 2 aromatic rings. The van der Waals surface area contributed by atoms with Crippen LogP contribution in [-0.2, 0) is 18.6 Å². The van der Waals surface area contributed by atoms with E-state index in [0.717, 1.165) is 11.3 Å². The molecule has 0 unspecified atom stereocenters. The second-order valence-electron chi connectivity index (χ2n) is 5.04. The fourth-order valence-corrected chi connectivity index (χ4v) is 3.42. The number of amidine groups is 1. The molecule has 0 bridgehead atoms. The molecule has 0 fully saturated rings. The minimum Gasteiger partial charge on any atom is -0.382 e. The molecule has 0 saturated heterocycles. The lowest BCUT2D eigenvalue weighted by atomic mass is 10.1. The van der Waals surface area contributed by atoms with Crippen molar-refractivity contribution >= 4 is 17.6 Å². The van der Waals surface area contributed by atoms with Gasteiger partial charge in [-0.2, -0.15) is 0 Å². The van der Waals surface area contributed by atoms with E-state index in [4.69, 9.17) is 11.1 Å². The number of fused-ring (bicyclic) bond motifs is 1. The van der Waals surface area contributed by atoms with Crippen LogP contribution >= 0.6 is 11.8 Å². The molecule has 1 aromatic heterocycles. The minimum atomic E-state index is 0.0226. The SMILES string of the molecule is N=C(N)c1cc(CSc2ccc3c(c2)CCC3)ccn1. The molecular weight excluding hydrogens is 266 g/mol. The Morgan fingerprint density at radius 2 is 2.05 bits per heavy atom. The quantitative estimate of drug-likeness (QED) is 0.515. The van der Waals surface area contributed by atoms with Crippen LogP contribution in [0.15, 0.2) is 41.4 Å². The van der Waals surface area contributed by atoms with E-state index in [0.29, 0.717) is 5.69 Å². The van der Waals surface area contributed by atoms with Gasteiger partial charge in [-0.15, -0.1) is 11.8 Å². The van der Waals surface area contributed by atoms with Crippen molar-refractivity contribution in [2.75, 3.05) is 0 Å². The van der Waals surface area contributed by atoms with Gasteiger partial charge in [-0.25, -0.2) is 0 Å². The molecule has 0 aliphatic heterocycles. The van der Waals surface area contributed by atoms with Crippen LogP contribution in [0, 0.1) is 5.41 Å². The molecule has 4 heteroatoms. The minimum absolute atomic E-state index is 0.0226. The molecule has 0 atom stereocenters. The Kier molecular flexibility index (Phi) is 3.74. The highest BCUT2D eigenvalue weighted by molar-refractivity contribution is 7.98. The number of nitrogens with one attached hydrogen (secondary N) is 1. The first-order chi connectivity index (χ1) is 9.72. The summed E-state index contributed by atoms with van der Waals surface area (Å²) in [5.41, 5.74) is 10.2. The maximum absolute atomic E-state index is 7.42. The monoisotopic (exact) mass is 283 g/mol. The van der Waals surface area contributed by atoms with Gasteiger partial charge < -0.3 is 5.73 Å². The molecule has 0 spiro atoms. The van der Waals surface area contributed by atoms with Gasteiger partial charge in [-0.1, -0.05) is 6.07 Å². The second kappa shape index (κ2) is 5.67. The molecule has 102 valence electrons. The fraction of sp³-hybridized carbons (Fsp3) is 0.250. The molecule has 0 radical (unpaired) electrons. The molecule has 1 aromatic carbocycles. The summed E-state index contributed by atoms with van der Waals surface area (Å²) in [6.07, 6.45) is 5.45. The number of aryl methyl sites for hydroxylation is 2. The molecule has 3 rings (SSSR count). The topological polar surface area (TPSA) is 62.8 Å². The Balaban J connectivity index is 1.70. The van der Waals surface area contributed by atoms with Crippen LogP contribution < -0.4 is 5.73 Å². The molecule has 1 aliphatic rings. The van der Waals surface area contributed by atoms with Crippen LogP contribution in [-0.4, -0.2) is 10.8 Å². The van der Waals surface area contributed by atoms with Gasteiger partial charge in [0.15, 0.2) is 0 Å². The molecular formula is C16H17N3S. The zero-order valence-corrected chi connectivity index (χ0v) is 12.0. The zero-order chi connectivity index (χ0) is 13.9. The van der Waals surface area contributed by atoms with E-state index in [9.17, 15) is 0 Å². The van der Waals surface area contributed by atoms with Crippen LogP contribution in [0.1, 0.15) is 28.8 Å². The van der Waals surface area contributed by atoms with Crippen LogP contribution in [0.5, 0.6) is 0 Å². The van der Waals surface area contributed by atoms with Gasteiger partial charge in [-0.3, -0.25) is 10.4 Å². The first kappa shape index (κ1) is 13.2. The number of nitrogen functional groups attached to an aromatic ring is 1. The number of aromatic nitrogens is 1. The smallest absolute Gasteiger partial charge is 0.141 e. The highest BCUT2D eigenvalue weighted by atomic mass is 32.2. The van der Waals surface area contributed by atoms with Gasteiger partial charge in [0.2, 0.25) is 0 Å². The first-order valence-electron chi connectivity index (χ1n) is 6.76. The predicted octanol–water partition coefficient (Wildman–Crippen LogP) is 3.15. The number of nitrogens with zero attached hydrogens (tertiary/aromatic N) is 1. The molecule has 0 saturated carbocycles. The highest BCUT2D eigenvalue weighted by Gasteiger charge is 2.11.